The summed E-state index contributed by atoms with van der Waals surface area (Å²) in [5.41, 5.74) is 4.38. The maximum absolute atomic E-state index is 12.8. The molecule has 0 bridgehead atoms. The monoisotopic (exact) mass is 367 g/mol. The number of amides is 1. The Kier molecular flexibility index (Phi) is 3.90. The Morgan fingerprint density at radius 2 is 1.92 bits per heavy atom. The van der Waals surface area contributed by atoms with Crippen LogP contribution in [0.4, 0.5) is 5.13 Å². The summed E-state index contributed by atoms with van der Waals surface area (Å²) in [5, 5.41) is 4.52. The largest absolute Gasteiger partial charge is 0.298 e. The number of hydrogen-bond donors (Lipinski definition) is 1. The van der Waals surface area contributed by atoms with Crippen molar-refractivity contribution in [2.24, 2.45) is 0 Å². The second-order valence-electron chi connectivity index (χ2n) is 5.91. The van der Waals surface area contributed by atoms with E-state index in [2.05, 4.69) is 34.3 Å². The van der Waals surface area contributed by atoms with E-state index < -0.39 is 0 Å². The number of benzene rings is 2. The average Bonchev–Trinajstić information content (AvgIpc) is 2.96. The minimum absolute atomic E-state index is 0.242. The lowest BCUT2D eigenvalue weighted by Crippen LogP contribution is -2.12. The molecule has 0 saturated heterocycles. The first kappa shape index (κ1) is 16.0. The molecule has 2 heterocycles. The summed E-state index contributed by atoms with van der Waals surface area (Å²) in [6.45, 7) is 4.08. The molecule has 0 fully saturated rings. The molecule has 6 heteroatoms. The highest BCUT2D eigenvalue weighted by atomic mass is 35.5. The minimum Gasteiger partial charge on any atom is -0.298 e. The highest BCUT2D eigenvalue weighted by Crippen LogP contribution is 2.30. The summed E-state index contributed by atoms with van der Waals surface area (Å²) in [4.78, 5) is 21.6. The van der Waals surface area contributed by atoms with Crippen LogP contribution < -0.4 is 5.32 Å². The van der Waals surface area contributed by atoms with Crippen molar-refractivity contribution >= 4 is 55.1 Å². The van der Waals surface area contributed by atoms with E-state index in [-0.39, 0.29) is 5.91 Å². The minimum atomic E-state index is -0.242. The second kappa shape index (κ2) is 6.10. The second-order valence-corrected chi connectivity index (χ2v) is 7.33. The van der Waals surface area contributed by atoms with Gasteiger partial charge in [0.15, 0.2) is 5.13 Å². The quantitative estimate of drug-likeness (QED) is 0.485. The molecule has 2 aromatic heterocycles. The molecule has 4 rings (SSSR count). The molecule has 25 heavy (non-hydrogen) atoms. The number of pyridine rings is 1. The smallest absolute Gasteiger partial charge is 0.258 e. The van der Waals surface area contributed by atoms with Crippen molar-refractivity contribution in [2.75, 3.05) is 5.32 Å². The van der Waals surface area contributed by atoms with Gasteiger partial charge in [-0.3, -0.25) is 10.1 Å². The van der Waals surface area contributed by atoms with E-state index in [1.165, 1.54) is 16.9 Å². The Balaban J connectivity index is 1.75. The van der Waals surface area contributed by atoms with E-state index in [0.29, 0.717) is 21.4 Å². The number of nitrogens with zero attached hydrogens (tertiary/aromatic N) is 2. The zero-order valence-electron chi connectivity index (χ0n) is 13.6. The van der Waals surface area contributed by atoms with E-state index in [0.717, 1.165) is 21.2 Å². The van der Waals surface area contributed by atoms with E-state index in [1.54, 1.807) is 6.07 Å². The molecule has 0 aliphatic heterocycles. The van der Waals surface area contributed by atoms with Gasteiger partial charge in [-0.25, -0.2) is 9.97 Å². The number of aromatic nitrogens is 2. The number of nitrogens with one attached hydrogen (secondary N) is 1. The Labute approximate surface area is 153 Å². The van der Waals surface area contributed by atoms with E-state index in [1.807, 2.05) is 31.2 Å². The SMILES string of the molecule is Cc1cc(C)c2nc(NC(=O)c3cc(Cl)nc4ccccc34)sc2c1. The Bertz CT molecular complexity index is 1140. The molecule has 4 nitrogen and oxygen atoms in total. The normalized spacial score (nSPS) is 11.2. The molecule has 4 aromatic rings. The number of carbonyl (C=O) groups is 1. The van der Waals surface area contributed by atoms with Gasteiger partial charge in [0, 0.05) is 5.39 Å². The fourth-order valence-corrected chi connectivity index (χ4v) is 4.16. The molecule has 0 saturated carbocycles. The number of para-hydroxylation sites is 1. The molecule has 124 valence electrons. The lowest BCUT2D eigenvalue weighted by Gasteiger charge is -2.06. The van der Waals surface area contributed by atoms with Gasteiger partial charge < -0.3 is 0 Å². The van der Waals surface area contributed by atoms with Crippen molar-refractivity contribution in [2.45, 2.75) is 13.8 Å². The van der Waals surface area contributed by atoms with Gasteiger partial charge in [0.05, 0.1) is 21.3 Å². The number of carbonyl (C=O) groups excluding carboxylic acids is 1. The van der Waals surface area contributed by atoms with E-state index in [9.17, 15) is 4.79 Å². The number of thiazole rings is 1. The number of hydrogen-bond acceptors (Lipinski definition) is 4. The van der Waals surface area contributed by atoms with Crippen molar-refractivity contribution in [3.05, 3.63) is 64.3 Å². The van der Waals surface area contributed by atoms with Crippen molar-refractivity contribution < 1.29 is 4.79 Å². The van der Waals surface area contributed by atoms with Gasteiger partial charge in [-0.15, -0.1) is 0 Å². The van der Waals surface area contributed by atoms with Crippen molar-refractivity contribution in [3.63, 3.8) is 0 Å². The molecule has 0 aliphatic carbocycles. The van der Waals surface area contributed by atoms with Crippen molar-refractivity contribution in [1.29, 1.82) is 0 Å². The zero-order valence-corrected chi connectivity index (χ0v) is 15.2. The van der Waals surface area contributed by atoms with Crippen LogP contribution in [0.1, 0.15) is 21.5 Å². The predicted molar refractivity (Wildman–Crippen MR) is 104 cm³/mol. The molecule has 1 N–H and O–H groups in total. The summed E-state index contributed by atoms with van der Waals surface area (Å²) >= 11 is 7.54. The molecule has 0 aliphatic rings. The van der Waals surface area contributed by atoms with Crippen LogP contribution in [-0.2, 0) is 0 Å². The first-order chi connectivity index (χ1) is 12.0. The summed E-state index contributed by atoms with van der Waals surface area (Å²) in [5.74, 6) is -0.242. The van der Waals surface area contributed by atoms with Crippen LogP contribution in [-0.4, -0.2) is 15.9 Å². The standard InChI is InChI=1S/C19H14ClN3OS/c1-10-7-11(2)17-15(8-10)25-19(22-17)23-18(24)13-9-16(20)21-14-6-4-3-5-12(13)14/h3-9H,1-2H3,(H,22,23,24). The van der Waals surface area contributed by atoms with Gasteiger partial charge >= 0.3 is 0 Å². The fraction of sp³-hybridized carbons (Fsp3) is 0.105. The van der Waals surface area contributed by atoms with Crippen LogP contribution in [0.25, 0.3) is 21.1 Å². The summed E-state index contributed by atoms with van der Waals surface area (Å²) in [6, 6.07) is 13.2. The molecule has 1 amide bonds. The maximum atomic E-state index is 12.8. The molecule has 2 aromatic carbocycles. The lowest BCUT2D eigenvalue weighted by atomic mass is 10.1. The Morgan fingerprint density at radius 3 is 2.76 bits per heavy atom. The topological polar surface area (TPSA) is 54.9 Å². The molecule has 0 atom stereocenters. The van der Waals surface area contributed by atoms with Gasteiger partial charge in [0.1, 0.15) is 5.15 Å². The highest BCUT2D eigenvalue weighted by Gasteiger charge is 2.15. The summed E-state index contributed by atoms with van der Waals surface area (Å²) in [7, 11) is 0. The van der Waals surface area contributed by atoms with Crippen molar-refractivity contribution in [3.8, 4) is 0 Å². The number of halogens is 1. The summed E-state index contributed by atoms with van der Waals surface area (Å²) in [6.07, 6.45) is 0. The first-order valence-electron chi connectivity index (χ1n) is 7.76. The van der Waals surface area contributed by atoms with Gasteiger partial charge in [-0.05, 0) is 43.2 Å². The van der Waals surface area contributed by atoms with Gasteiger partial charge in [0.25, 0.3) is 5.91 Å². The van der Waals surface area contributed by atoms with Crippen LogP contribution in [0.2, 0.25) is 5.15 Å². The lowest BCUT2D eigenvalue weighted by molar-refractivity contribution is 0.102. The van der Waals surface area contributed by atoms with E-state index in [4.69, 9.17) is 11.6 Å². The molecule has 0 spiro atoms. The van der Waals surface area contributed by atoms with Gasteiger partial charge in [-0.2, -0.15) is 0 Å². The number of rotatable bonds is 2. The van der Waals surface area contributed by atoms with E-state index >= 15 is 0 Å². The van der Waals surface area contributed by atoms with Crippen LogP contribution in [0, 0.1) is 13.8 Å². The zero-order chi connectivity index (χ0) is 17.6. The highest BCUT2D eigenvalue weighted by molar-refractivity contribution is 7.22. The summed E-state index contributed by atoms with van der Waals surface area (Å²) < 4.78 is 1.06. The van der Waals surface area contributed by atoms with Gasteiger partial charge in [-0.1, -0.05) is 47.2 Å². The number of anilines is 1. The van der Waals surface area contributed by atoms with Crippen LogP contribution >= 0.6 is 22.9 Å². The van der Waals surface area contributed by atoms with Crippen LogP contribution in [0.3, 0.4) is 0 Å². The van der Waals surface area contributed by atoms with Crippen molar-refractivity contribution in [1.82, 2.24) is 9.97 Å². The fourth-order valence-electron chi connectivity index (χ4n) is 2.92. The average molecular weight is 368 g/mol. The van der Waals surface area contributed by atoms with Crippen LogP contribution in [0.5, 0.6) is 0 Å². The van der Waals surface area contributed by atoms with Crippen LogP contribution in [0.15, 0.2) is 42.5 Å². The number of fused-ring (bicyclic) bond motifs is 2. The molecular weight excluding hydrogens is 354 g/mol. The Morgan fingerprint density at radius 1 is 1.12 bits per heavy atom. The molecule has 0 radical (unpaired) electrons. The maximum Gasteiger partial charge on any atom is 0.258 e. The third-order valence-corrected chi connectivity index (χ3v) is 5.09. The molecule has 0 unspecified atom stereocenters. The third kappa shape index (κ3) is 2.97. The first-order valence-corrected chi connectivity index (χ1v) is 8.95. The van der Waals surface area contributed by atoms with Gasteiger partial charge in [0.2, 0.25) is 0 Å². The molecular formula is C19H14ClN3OS. The third-order valence-electron chi connectivity index (χ3n) is 3.98. The Hall–Kier alpha value is -2.50. The number of aryl methyl sites for hydroxylation is 2. The predicted octanol–water partition coefficient (Wildman–Crippen LogP) is 5.37.